The summed E-state index contributed by atoms with van der Waals surface area (Å²) in [6.07, 6.45) is 1.87. The number of aromatic nitrogens is 2. The van der Waals surface area contributed by atoms with Gasteiger partial charge in [-0.15, -0.1) is 0 Å². The Labute approximate surface area is 110 Å². The molecule has 0 fully saturated rings. The van der Waals surface area contributed by atoms with Crippen molar-refractivity contribution in [3.8, 4) is 0 Å². The number of halogens is 1. The molecule has 1 aromatic heterocycles. The Bertz CT molecular complexity index is 546. The highest BCUT2D eigenvalue weighted by molar-refractivity contribution is 9.10. The first-order valence-electron chi connectivity index (χ1n) is 5.55. The van der Waals surface area contributed by atoms with Gasteiger partial charge in [0, 0.05) is 28.6 Å². The summed E-state index contributed by atoms with van der Waals surface area (Å²) in [5.74, 6) is 0.753. The molecule has 0 amide bonds. The molecule has 0 saturated carbocycles. The van der Waals surface area contributed by atoms with E-state index in [0.29, 0.717) is 0 Å². The Morgan fingerprint density at radius 3 is 2.59 bits per heavy atom. The molecule has 1 aromatic carbocycles. The lowest BCUT2D eigenvalue weighted by molar-refractivity contribution is 0.529. The maximum absolute atomic E-state index is 4.59. The van der Waals surface area contributed by atoms with Gasteiger partial charge in [-0.05, 0) is 32.9 Å². The summed E-state index contributed by atoms with van der Waals surface area (Å²) >= 11 is 3.50. The van der Waals surface area contributed by atoms with Crippen molar-refractivity contribution < 1.29 is 0 Å². The average Bonchev–Trinajstić information content (AvgIpc) is 2.26. The summed E-state index contributed by atoms with van der Waals surface area (Å²) in [6, 6.07) is 5.99. The van der Waals surface area contributed by atoms with Crippen molar-refractivity contribution in [3.05, 3.63) is 28.9 Å². The maximum atomic E-state index is 4.59. The maximum Gasteiger partial charge on any atom is 0.226 e. The van der Waals surface area contributed by atoms with Crippen LogP contribution in [0.4, 0.5) is 5.95 Å². The summed E-state index contributed by atoms with van der Waals surface area (Å²) in [7, 11) is 2.01. The van der Waals surface area contributed by atoms with E-state index in [2.05, 4.69) is 51.6 Å². The fourth-order valence-electron chi connectivity index (χ4n) is 1.47. The van der Waals surface area contributed by atoms with Gasteiger partial charge in [0.2, 0.25) is 5.95 Å². The topological polar surface area (TPSA) is 29.0 Å². The number of fused-ring (bicyclic) bond motifs is 1. The summed E-state index contributed by atoms with van der Waals surface area (Å²) in [5.41, 5.74) is 0.972. The SMILES string of the molecule is CN(c1ncc2c(Br)cccc2n1)C(C)(C)C. The third-order valence-electron chi connectivity index (χ3n) is 2.87. The average molecular weight is 294 g/mol. The number of anilines is 1. The van der Waals surface area contributed by atoms with E-state index < -0.39 is 0 Å². The van der Waals surface area contributed by atoms with Crippen LogP contribution < -0.4 is 4.90 Å². The second kappa shape index (κ2) is 4.26. The monoisotopic (exact) mass is 293 g/mol. The van der Waals surface area contributed by atoms with Crippen LogP contribution in [0.1, 0.15) is 20.8 Å². The molecule has 0 N–H and O–H groups in total. The van der Waals surface area contributed by atoms with E-state index in [1.165, 1.54) is 0 Å². The van der Waals surface area contributed by atoms with Crippen LogP contribution in [-0.2, 0) is 0 Å². The normalized spacial score (nSPS) is 11.8. The lowest BCUT2D eigenvalue weighted by Gasteiger charge is -2.31. The molecule has 4 heteroatoms. The van der Waals surface area contributed by atoms with Crippen LogP contribution in [0.3, 0.4) is 0 Å². The highest BCUT2D eigenvalue weighted by Gasteiger charge is 2.19. The van der Waals surface area contributed by atoms with E-state index in [1.54, 1.807) is 0 Å². The predicted octanol–water partition coefficient (Wildman–Crippen LogP) is 3.63. The zero-order valence-electron chi connectivity index (χ0n) is 10.5. The standard InChI is InChI=1S/C13H16BrN3/c1-13(2,3)17(4)12-15-8-9-10(14)6-5-7-11(9)16-12/h5-8H,1-4H3. The molecule has 0 saturated heterocycles. The quantitative estimate of drug-likeness (QED) is 0.804. The van der Waals surface area contributed by atoms with E-state index >= 15 is 0 Å². The van der Waals surface area contributed by atoms with Crippen molar-refractivity contribution in [1.29, 1.82) is 0 Å². The van der Waals surface area contributed by atoms with Crippen LogP contribution >= 0.6 is 15.9 Å². The van der Waals surface area contributed by atoms with Crippen molar-refractivity contribution in [2.24, 2.45) is 0 Å². The first kappa shape index (κ1) is 12.3. The minimum absolute atomic E-state index is 0.0136. The number of benzene rings is 1. The Balaban J connectivity index is 2.52. The number of rotatable bonds is 1. The second-order valence-electron chi connectivity index (χ2n) is 5.07. The highest BCUT2D eigenvalue weighted by atomic mass is 79.9. The third kappa shape index (κ3) is 2.41. The van der Waals surface area contributed by atoms with Gasteiger partial charge < -0.3 is 4.90 Å². The van der Waals surface area contributed by atoms with Crippen molar-refractivity contribution in [2.45, 2.75) is 26.3 Å². The minimum atomic E-state index is 0.0136. The number of hydrogen-bond acceptors (Lipinski definition) is 3. The fraction of sp³-hybridized carbons (Fsp3) is 0.385. The van der Waals surface area contributed by atoms with E-state index in [1.807, 2.05) is 31.4 Å². The van der Waals surface area contributed by atoms with Crippen molar-refractivity contribution in [2.75, 3.05) is 11.9 Å². The lowest BCUT2D eigenvalue weighted by Crippen LogP contribution is -2.39. The van der Waals surface area contributed by atoms with Crippen molar-refractivity contribution in [1.82, 2.24) is 9.97 Å². The van der Waals surface area contributed by atoms with Gasteiger partial charge >= 0.3 is 0 Å². The van der Waals surface area contributed by atoms with Gasteiger partial charge in [0.1, 0.15) is 0 Å². The zero-order valence-corrected chi connectivity index (χ0v) is 12.1. The first-order chi connectivity index (χ1) is 7.89. The molecule has 2 aromatic rings. The highest BCUT2D eigenvalue weighted by Crippen LogP contribution is 2.24. The second-order valence-corrected chi connectivity index (χ2v) is 5.93. The summed E-state index contributed by atoms with van der Waals surface area (Å²) in [6.45, 7) is 6.42. The molecule has 0 atom stereocenters. The molecule has 0 bridgehead atoms. The smallest absolute Gasteiger partial charge is 0.226 e. The molecule has 2 rings (SSSR count). The fourth-order valence-corrected chi connectivity index (χ4v) is 1.93. The van der Waals surface area contributed by atoms with E-state index in [-0.39, 0.29) is 5.54 Å². The molecule has 0 aliphatic carbocycles. The van der Waals surface area contributed by atoms with Gasteiger partial charge in [-0.3, -0.25) is 0 Å². The zero-order chi connectivity index (χ0) is 12.6. The van der Waals surface area contributed by atoms with Crippen LogP contribution in [0.5, 0.6) is 0 Å². The van der Waals surface area contributed by atoms with E-state index in [0.717, 1.165) is 21.3 Å². The first-order valence-corrected chi connectivity index (χ1v) is 6.34. The Morgan fingerprint density at radius 1 is 1.24 bits per heavy atom. The summed E-state index contributed by atoms with van der Waals surface area (Å²) in [5, 5.41) is 1.04. The van der Waals surface area contributed by atoms with Gasteiger partial charge in [-0.25, -0.2) is 9.97 Å². The van der Waals surface area contributed by atoms with Crippen molar-refractivity contribution >= 4 is 32.8 Å². The molecule has 17 heavy (non-hydrogen) atoms. The van der Waals surface area contributed by atoms with Crippen LogP contribution in [0.15, 0.2) is 28.9 Å². The minimum Gasteiger partial charge on any atom is -0.339 e. The molecule has 1 heterocycles. The molecule has 0 aliphatic rings. The molecule has 0 unspecified atom stereocenters. The van der Waals surface area contributed by atoms with Crippen LogP contribution in [0.2, 0.25) is 0 Å². The molecular formula is C13H16BrN3. The predicted molar refractivity (Wildman–Crippen MR) is 75.4 cm³/mol. The molecule has 0 spiro atoms. The largest absolute Gasteiger partial charge is 0.339 e. The molecule has 0 radical (unpaired) electrons. The third-order valence-corrected chi connectivity index (χ3v) is 3.56. The van der Waals surface area contributed by atoms with Gasteiger partial charge in [0.25, 0.3) is 0 Å². The van der Waals surface area contributed by atoms with Gasteiger partial charge in [-0.1, -0.05) is 22.0 Å². The molecular weight excluding hydrogens is 278 g/mol. The Kier molecular flexibility index (Phi) is 3.08. The Hall–Kier alpha value is -1.16. The summed E-state index contributed by atoms with van der Waals surface area (Å²) in [4.78, 5) is 11.1. The van der Waals surface area contributed by atoms with Crippen LogP contribution in [-0.4, -0.2) is 22.6 Å². The van der Waals surface area contributed by atoms with E-state index in [9.17, 15) is 0 Å². The van der Waals surface area contributed by atoms with Crippen LogP contribution in [0, 0.1) is 0 Å². The molecule has 0 aliphatic heterocycles. The van der Waals surface area contributed by atoms with E-state index in [4.69, 9.17) is 0 Å². The van der Waals surface area contributed by atoms with Gasteiger partial charge in [0.15, 0.2) is 0 Å². The van der Waals surface area contributed by atoms with Crippen LogP contribution in [0.25, 0.3) is 10.9 Å². The molecule has 90 valence electrons. The van der Waals surface area contributed by atoms with Gasteiger partial charge in [-0.2, -0.15) is 0 Å². The Morgan fingerprint density at radius 2 is 1.94 bits per heavy atom. The van der Waals surface area contributed by atoms with Gasteiger partial charge in [0.05, 0.1) is 5.52 Å². The number of hydrogen-bond donors (Lipinski definition) is 0. The summed E-state index contributed by atoms with van der Waals surface area (Å²) < 4.78 is 1.03. The molecule has 3 nitrogen and oxygen atoms in total. The number of nitrogens with zero attached hydrogens (tertiary/aromatic N) is 3. The van der Waals surface area contributed by atoms with Crippen molar-refractivity contribution in [3.63, 3.8) is 0 Å². The lowest BCUT2D eigenvalue weighted by atomic mass is 10.1.